The van der Waals surface area contributed by atoms with Crippen molar-refractivity contribution in [2.45, 2.75) is 18.4 Å². The Morgan fingerprint density at radius 2 is 1.82 bits per heavy atom. The predicted octanol–water partition coefficient (Wildman–Crippen LogP) is 5.14. The summed E-state index contributed by atoms with van der Waals surface area (Å²) in [5.41, 5.74) is 0.317. The molecule has 226 valence electrons. The molecule has 5 aromatic rings. The van der Waals surface area contributed by atoms with Gasteiger partial charge in [-0.15, -0.1) is 0 Å². The average Bonchev–Trinajstić information content (AvgIpc) is 3.65. The van der Waals surface area contributed by atoms with E-state index in [-0.39, 0.29) is 45.6 Å². The van der Waals surface area contributed by atoms with Crippen LogP contribution in [0.2, 0.25) is 0 Å². The molecule has 0 unspecified atom stereocenters. The maximum atomic E-state index is 13.7. The number of nitrogens with one attached hydrogen (secondary N) is 2. The summed E-state index contributed by atoms with van der Waals surface area (Å²) >= 11 is 0. The number of ether oxygens (including phenoxy) is 2. The molecule has 0 spiro atoms. The van der Waals surface area contributed by atoms with Crippen molar-refractivity contribution in [3.05, 3.63) is 114 Å². The molecule has 3 N–H and O–H groups in total. The highest BCUT2D eigenvalue weighted by molar-refractivity contribution is 7.89. The molecule has 0 atom stereocenters. The number of nitrogens with zero attached hydrogens (tertiary/aromatic N) is 2. The number of benzene rings is 3. The number of carbonyl (C=O) groups excluding carboxylic acids is 1. The molecule has 0 bridgehead atoms. The number of aromatic carboxylic acids is 1. The topological polar surface area (TPSA) is 162 Å². The van der Waals surface area contributed by atoms with Gasteiger partial charge in [-0.3, -0.25) is 4.79 Å². The molecule has 5 rings (SSSR count). The number of carboxylic acids is 1. The van der Waals surface area contributed by atoms with Gasteiger partial charge in [0.15, 0.2) is 5.69 Å². The molecule has 0 saturated heterocycles. The number of methoxy groups -OCH3 is 1. The number of aromatic nitrogens is 2. The van der Waals surface area contributed by atoms with E-state index in [0.717, 1.165) is 6.07 Å². The van der Waals surface area contributed by atoms with Gasteiger partial charge in [-0.2, -0.15) is 9.78 Å². The van der Waals surface area contributed by atoms with Gasteiger partial charge in [0.05, 0.1) is 25.6 Å². The SMILES string of the molecule is COc1ccc(-n2nc(C(=O)O)c(C)c2Oc2ccc(NC(=O)c3cccc(F)c3)cc2S(=O)(=O)NCc2ccco2)cc1. The van der Waals surface area contributed by atoms with Crippen LogP contribution < -0.4 is 19.5 Å². The second-order valence-corrected chi connectivity index (χ2v) is 11.1. The highest BCUT2D eigenvalue weighted by atomic mass is 32.2. The van der Waals surface area contributed by atoms with E-state index < -0.39 is 27.7 Å². The number of anilines is 1. The van der Waals surface area contributed by atoms with Gasteiger partial charge in [0.1, 0.15) is 28.0 Å². The molecule has 0 aliphatic carbocycles. The van der Waals surface area contributed by atoms with E-state index in [4.69, 9.17) is 13.9 Å². The van der Waals surface area contributed by atoms with E-state index in [1.54, 1.807) is 36.4 Å². The monoisotopic (exact) mass is 620 g/mol. The van der Waals surface area contributed by atoms with Crippen molar-refractivity contribution in [2.24, 2.45) is 0 Å². The van der Waals surface area contributed by atoms with E-state index in [1.165, 1.54) is 61.4 Å². The highest BCUT2D eigenvalue weighted by Crippen LogP contribution is 2.35. The van der Waals surface area contributed by atoms with Crippen molar-refractivity contribution in [2.75, 3.05) is 12.4 Å². The summed E-state index contributed by atoms with van der Waals surface area (Å²) in [4.78, 5) is 24.3. The van der Waals surface area contributed by atoms with Crippen molar-refractivity contribution < 1.29 is 41.4 Å². The summed E-state index contributed by atoms with van der Waals surface area (Å²) in [5, 5.41) is 16.5. The van der Waals surface area contributed by atoms with E-state index in [9.17, 15) is 27.5 Å². The molecular formula is C30H25FN4O8S. The van der Waals surface area contributed by atoms with Gasteiger partial charge in [0.2, 0.25) is 15.9 Å². The zero-order valence-electron chi connectivity index (χ0n) is 23.3. The van der Waals surface area contributed by atoms with E-state index >= 15 is 0 Å². The molecule has 1 amide bonds. The van der Waals surface area contributed by atoms with Crippen LogP contribution in [0.5, 0.6) is 17.4 Å². The van der Waals surface area contributed by atoms with Crippen LogP contribution in [0.25, 0.3) is 5.69 Å². The number of rotatable bonds is 11. The van der Waals surface area contributed by atoms with Gasteiger partial charge in [-0.05, 0) is 79.7 Å². The van der Waals surface area contributed by atoms with Crippen LogP contribution in [0.15, 0.2) is 94.4 Å². The Bertz CT molecular complexity index is 1940. The summed E-state index contributed by atoms with van der Waals surface area (Å²) in [7, 11) is -2.84. The molecule has 0 radical (unpaired) electrons. The Labute approximate surface area is 250 Å². The first-order chi connectivity index (χ1) is 21.1. The summed E-state index contributed by atoms with van der Waals surface area (Å²) in [6, 6.07) is 18.6. The fourth-order valence-electron chi connectivity index (χ4n) is 4.18. The van der Waals surface area contributed by atoms with Crippen molar-refractivity contribution in [1.29, 1.82) is 0 Å². The predicted molar refractivity (Wildman–Crippen MR) is 155 cm³/mol. The van der Waals surface area contributed by atoms with Gasteiger partial charge in [-0.1, -0.05) is 6.07 Å². The van der Waals surface area contributed by atoms with Crippen LogP contribution in [-0.2, 0) is 16.6 Å². The van der Waals surface area contributed by atoms with Gasteiger partial charge < -0.3 is 24.3 Å². The Hall–Kier alpha value is -5.47. The molecular weight excluding hydrogens is 595 g/mol. The maximum Gasteiger partial charge on any atom is 0.356 e. The third-order valence-corrected chi connectivity index (χ3v) is 7.81. The summed E-state index contributed by atoms with van der Waals surface area (Å²) in [6.45, 7) is 1.28. The second-order valence-electron chi connectivity index (χ2n) is 9.33. The number of carbonyl (C=O) groups is 2. The minimum Gasteiger partial charge on any atom is -0.497 e. The number of hydrogen-bond donors (Lipinski definition) is 3. The highest BCUT2D eigenvalue weighted by Gasteiger charge is 2.27. The molecule has 2 heterocycles. The number of amides is 1. The van der Waals surface area contributed by atoms with Crippen molar-refractivity contribution in [1.82, 2.24) is 14.5 Å². The molecule has 0 aliphatic heterocycles. The number of halogens is 1. The third kappa shape index (κ3) is 6.45. The van der Waals surface area contributed by atoms with Crippen LogP contribution in [-0.4, -0.2) is 42.3 Å². The Balaban J connectivity index is 1.57. The van der Waals surface area contributed by atoms with Crippen molar-refractivity contribution in [3.63, 3.8) is 0 Å². The standard InChI is InChI=1S/C30H25FN4O8S/c1-18-27(30(37)38)34-35(22-9-11-23(41-2)12-10-22)29(18)43-25-13-8-21(33-28(36)19-5-3-6-20(31)15-19)16-26(25)44(39,40)32-17-24-7-4-14-42-24/h3-16,32H,17H2,1-2H3,(H,33,36)(H,37,38). The lowest BCUT2D eigenvalue weighted by molar-refractivity contribution is 0.0689. The fourth-order valence-corrected chi connectivity index (χ4v) is 5.32. The molecule has 0 aliphatic rings. The summed E-state index contributed by atoms with van der Waals surface area (Å²) in [5.74, 6) is -1.98. The van der Waals surface area contributed by atoms with Gasteiger partial charge in [0.25, 0.3) is 5.91 Å². The van der Waals surface area contributed by atoms with Gasteiger partial charge in [0, 0.05) is 16.8 Å². The molecule has 2 aromatic heterocycles. The molecule has 44 heavy (non-hydrogen) atoms. The molecule has 3 aromatic carbocycles. The number of hydrogen-bond acceptors (Lipinski definition) is 8. The molecule has 0 fully saturated rings. The molecule has 12 nitrogen and oxygen atoms in total. The van der Waals surface area contributed by atoms with Gasteiger partial charge in [-0.25, -0.2) is 22.3 Å². The minimum atomic E-state index is -4.33. The number of furan rings is 1. The van der Waals surface area contributed by atoms with Crippen LogP contribution in [0.1, 0.15) is 32.2 Å². The lowest BCUT2D eigenvalue weighted by atomic mass is 10.2. The van der Waals surface area contributed by atoms with Crippen LogP contribution in [0, 0.1) is 12.7 Å². The van der Waals surface area contributed by atoms with Crippen molar-refractivity contribution >= 4 is 27.6 Å². The first kappa shape index (κ1) is 30.0. The number of sulfonamides is 1. The second kappa shape index (κ2) is 12.4. The zero-order chi connectivity index (χ0) is 31.4. The normalized spacial score (nSPS) is 11.2. The smallest absolute Gasteiger partial charge is 0.356 e. The summed E-state index contributed by atoms with van der Waals surface area (Å²) < 4.78 is 61.0. The van der Waals surface area contributed by atoms with E-state index in [2.05, 4.69) is 15.1 Å². The van der Waals surface area contributed by atoms with Gasteiger partial charge >= 0.3 is 5.97 Å². The lowest BCUT2D eigenvalue weighted by Gasteiger charge is -2.16. The van der Waals surface area contributed by atoms with Crippen LogP contribution in [0.4, 0.5) is 10.1 Å². The maximum absolute atomic E-state index is 13.7. The lowest BCUT2D eigenvalue weighted by Crippen LogP contribution is -2.24. The minimum absolute atomic E-state index is 0.0193. The zero-order valence-corrected chi connectivity index (χ0v) is 24.1. The number of carboxylic acid groups (broad SMARTS) is 1. The quantitative estimate of drug-likeness (QED) is 0.181. The average molecular weight is 621 g/mol. The third-order valence-electron chi connectivity index (χ3n) is 6.39. The first-order valence-electron chi connectivity index (χ1n) is 12.9. The van der Waals surface area contributed by atoms with E-state index in [0.29, 0.717) is 17.2 Å². The first-order valence-corrected chi connectivity index (χ1v) is 14.4. The Morgan fingerprint density at radius 3 is 2.48 bits per heavy atom. The van der Waals surface area contributed by atoms with Crippen LogP contribution >= 0.6 is 0 Å². The molecule has 14 heteroatoms. The largest absolute Gasteiger partial charge is 0.497 e. The Kier molecular flexibility index (Phi) is 8.46. The fraction of sp³-hybridized carbons (Fsp3) is 0.100. The van der Waals surface area contributed by atoms with Crippen LogP contribution in [0.3, 0.4) is 0 Å². The molecule has 0 saturated carbocycles. The summed E-state index contributed by atoms with van der Waals surface area (Å²) in [6.07, 6.45) is 1.39. The Morgan fingerprint density at radius 1 is 1.05 bits per heavy atom. The van der Waals surface area contributed by atoms with Crippen molar-refractivity contribution in [3.8, 4) is 23.1 Å². The van der Waals surface area contributed by atoms with E-state index in [1.807, 2.05) is 0 Å².